The van der Waals surface area contributed by atoms with E-state index in [2.05, 4.69) is 41.1 Å². The first-order valence-corrected chi connectivity index (χ1v) is 10.0. The number of fused-ring (bicyclic) bond motifs is 3. The Bertz CT molecular complexity index is 865. The highest BCUT2D eigenvalue weighted by Crippen LogP contribution is 2.31. The molecule has 1 N–H and O–H groups in total. The van der Waals surface area contributed by atoms with Crippen LogP contribution in [0.25, 0.3) is 10.9 Å². The van der Waals surface area contributed by atoms with E-state index in [9.17, 15) is 4.79 Å². The molecule has 0 aliphatic heterocycles. The lowest BCUT2D eigenvalue weighted by Crippen LogP contribution is -2.44. The lowest BCUT2D eigenvalue weighted by Gasteiger charge is -2.35. The van der Waals surface area contributed by atoms with E-state index in [4.69, 9.17) is 0 Å². The second-order valence-electron chi connectivity index (χ2n) is 6.88. The van der Waals surface area contributed by atoms with Gasteiger partial charge >= 0.3 is 0 Å². The second-order valence-corrected chi connectivity index (χ2v) is 7.91. The van der Waals surface area contributed by atoms with Crippen LogP contribution >= 0.6 is 11.3 Å². The highest BCUT2D eigenvalue weighted by molar-refractivity contribution is 7.10. The Hall–Kier alpha value is -2.07. The minimum Gasteiger partial charge on any atom is -0.361 e. The van der Waals surface area contributed by atoms with Crippen molar-refractivity contribution < 1.29 is 4.79 Å². The number of nitrogens with zero attached hydrogens (tertiary/aromatic N) is 1. The minimum atomic E-state index is 0.277. The number of thiophene rings is 1. The minimum absolute atomic E-state index is 0.277. The van der Waals surface area contributed by atoms with Crippen LogP contribution in [0.15, 0.2) is 41.9 Å². The first-order valence-electron chi connectivity index (χ1n) is 9.16. The Kier molecular flexibility index (Phi) is 4.62. The molecule has 0 saturated heterocycles. The van der Waals surface area contributed by atoms with Gasteiger partial charge < -0.3 is 9.88 Å². The van der Waals surface area contributed by atoms with E-state index in [1.54, 1.807) is 11.3 Å². The molecule has 1 unspecified atom stereocenters. The fourth-order valence-electron chi connectivity index (χ4n) is 4.06. The van der Waals surface area contributed by atoms with Crippen LogP contribution in [0.5, 0.6) is 0 Å². The van der Waals surface area contributed by atoms with Crippen LogP contribution < -0.4 is 0 Å². The van der Waals surface area contributed by atoms with Crippen molar-refractivity contribution in [3.8, 4) is 0 Å². The molecule has 3 nitrogen and oxygen atoms in total. The molecule has 1 atom stereocenters. The summed E-state index contributed by atoms with van der Waals surface area (Å²) >= 11 is 1.67. The lowest BCUT2D eigenvalue weighted by atomic mass is 9.85. The zero-order chi connectivity index (χ0) is 17.2. The van der Waals surface area contributed by atoms with Crippen molar-refractivity contribution in [3.63, 3.8) is 0 Å². The molecule has 1 aromatic carbocycles. The third-order valence-corrected chi connectivity index (χ3v) is 6.14. The van der Waals surface area contributed by atoms with E-state index >= 15 is 0 Å². The first kappa shape index (κ1) is 16.4. The van der Waals surface area contributed by atoms with E-state index in [-0.39, 0.29) is 5.91 Å². The molecular weight excluding hydrogens is 328 g/mol. The van der Waals surface area contributed by atoms with Crippen LogP contribution in [-0.2, 0) is 24.1 Å². The predicted molar refractivity (Wildman–Crippen MR) is 104 cm³/mol. The number of aromatic nitrogens is 1. The number of nitrogens with one attached hydrogen (secondary N) is 1. The molecule has 2 heterocycles. The van der Waals surface area contributed by atoms with Gasteiger partial charge in [0.1, 0.15) is 0 Å². The van der Waals surface area contributed by atoms with E-state index in [0.29, 0.717) is 12.5 Å². The topological polar surface area (TPSA) is 36.1 Å². The van der Waals surface area contributed by atoms with E-state index < -0.39 is 0 Å². The number of carbonyl (C=O) groups excluding carboxylic acids is 1. The van der Waals surface area contributed by atoms with Gasteiger partial charge in [-0.3, -0.25) is 4.79 Å². The largest absolute Gasteiger partial charge is 0.361 e. The van der Waals surface area contributed by atoms with Crippen molar-refractivity contribution >= 4 is 28.1 Å². The van der Waals surface area contributed by atoms with Gasteiger partial charge in [-0.2, -0.15) is 0 Å². The maximum absolute atomic E-state index is 13.0. The van der Waals surface area contributed by atoms with Gasteiger partial charge in [0.2, 0.25) is 5.91 Å². The molecule has 0 fully saturated rings. The number of benzene rings is 1. The van der Waals surface area contributed by atoms with E-state index in [1.165, 1.54) is 22.0 Å². The van der Waals surface area contributed by atoms with Crippen molar-refractivity contribution in [1.29, 1.82) is 0 Å². The monoisotopic (exact) mass is 352 g/mol. The second kappa shape index (κ2) is 7.04. The first-order chi connectivity index (χ1) is 12.3. The van der Waals surface area contributed by atoms with Crippen molar-refractivity contribution in [1.82, 2.24) is 9.88 Å². The molecule has 25 heavy (non-hydrogen) atoms. The fraction of sp³-hybridized carbons (Fsp3) is 0.381. The van der Waals surface area contributed by atoms with Crippen LogP contribution in [0.4, 0.5) is 0 Å². The molecule has 0 bridgehead atoms. The molecule has 1 aliphatic carbocycles. The zero-order valence-corrected chi connectivity index (χ0v) is 15.4. The quantitative estimate of drug-likeness (QED) is 0.717. The summed E-state index contributed by atoms with van der Waals surface area (Å²) in [5.41, 5.74) is 4.08. The maximum atomic E-state index is 13.0. The molecule has 4 rings (SSSR count). The Morgan fingerprint density at radius 2 is 2.24 bits per heavy atom. The number of carbonyl (C=O) groups is 1. The normalized spacial score (nSPS) is 16.8. The summed E-state index contributed by atoms with van der Waals surface area (Å²) in [4.78, 5) is 19.6. The molecule has 0 saturated carbocycles. The average Bonchev–Trinajstić information content (AvgIpc) is 3.30. The summed E-state index contributed by atoms with van der Waals surface area (Å²) in [6.45, 7) is 3.01. The number of hydrogen-bond donors (Lipinski definition) is 1. The summed E-state index contributed by atoms with van der Waals surface area (Å²) in [6.07, 6.45) is 6.66. The molecule has 130 valence electrons. The summed E-state index contributed by atoms with van der Waals surface area (Å²) in [7, 11) is 0. The fourth-order valence-corrected chi connectivity index (χ4v) is 4.75. The van der Waals surface area contributed by atoms with Crippen LogP contribution in [0.3, 0.4) is 0 Å². The number of rotatable bonds is 5. The van der Waals surface area contributed by atoms with Crippen LogP contribution in [-0.4, -0.2) is 28.4 Å². The average molecular weight is 353 g/mol. The summed E-state index contributed by atoms with van der Waals surface area (Å²) in [5.74, 6) is 0.277. The van der Waals surface area contributed by atoms with Gasteiger partial charge in [0, 0.05) is 34.6 Å². The van der Waals surface area contributed by atoms with Crippen LogP contribution in [0.1, 0.15) is 35.8 Å². The van der Waals surface area contributed by atoms with Crippen molar-refractivity contribution in [2.75, 3.05) is 6.54 Å². The van der Waals surface area contributed by atoms with Crippen LogP contribution in [0, 0.1) is 0 Å². The molecule has 1 amide bonds. The maximum Gasteiger partial charge on any atom is 0.228 e. The molecule has 0 spiro atoms. The molecule has 0 radical (unpaired) electrons. The van der Waals surface area contributed by atoms with Gasteiger partial charge in [-0.15, -0.1) is 11.3 Å². The SMILES string of the molecule is CCCN(C(=O)Cc1cccs1)C1CCc2ccc3[nH]ccc3c2C1. The number of hydrogen-bond acceptors (Lipinski definition) is 2. The van der Waals surface area contributed by atoms with Crippen LogP contribution in [0.2, 0.25) is 0 Å². The molecule has 2 aromatic heterocycles. The van der Waals surface area contributed by atoms with Gasteiger partial charge in [-0.25, -0.2) is 0 Å². The zero-order valence-electron chi connectivity index (χ0n) is 14.6. The summed E-state index contributed by atoms with van der Waals surface area (Å²) in [5, 5.41) is 3.37. The molecule has 3 aromatic rings. The Morgan fingerprint density at radius 3 is 3.04 bits per heavy atom. The van der Waals surface area contributed by atoms with E-state index in [1.807, 2.05) is 17.6 Å². The molecular formula is C21H24N2OS. The summed E-state index contributed by atoms with van der Waals surface area (Å²) in [6, 6.07) is 11.0. The van der Waals surface area contributed by atoms with Gasteiger partial charge in [0.05, 0.1) is 6.42 Å². The van der Waals surface area contributed by atoms with Gasteiger partial charge in [0.25, 0.3) is 0 Å². The van der Waals surface area contributed by atoms with E-state index in [0.717, 1.165) is 37.1 Å². The Morgan fingerprint density at radius 1 is 1.32 bits per heavy atom. The Balaban J connectivity index is 1.58. The molecule has 1 aliphatic rings. The molecule has 4 heteroatoms. The van der Waals surface area contributed by atoms with Gasteiger partial charge in [-0.1, -0.05) is 19.1 Å². The van der Waals surface area contributed by atoms with Gasteiger partial charge in [-0.05, 0) is 60.4 Å². The third-order valence-electron chi connectivity index (χ3n) is 5.26. The van der Waals surface area contributed by atoms with Gasteiger partial charge in [0.15, 0.2) is 0 Å². The number of aryl methyl sites for hydroxylation is 1. The highest BCUT2D eigenvalue weighted by Gasteiger charge is 2.28. The standard InChI is InChI=1S/C21H24N2OS/c1-2-11-23(21(24)14-17-4-3-12-25-17)16-7-5-15-6-8-20-18(9-10-22-20)19(15)13-16/h3-4,6,8-10,12,16,22H,2,5,7,11,13-14H2,1H3. The highest BCUT2D eigenvalue weighted by atomic mass is 32.1. The lowest BCUT2D eigenvalue weighted by molar-refractivity contribution is -0.133. The third kappa shape index (κ3) is 3.23. The van der Waals surface area contributed by atoms with Crippen molar-refractivity contribution in [2.45, 2.75) is 45.1 Å². The number of aromatic amines is 1. The van der Waals surface area contributed by atoms with Crippen molar-refractivity contribution in [3.05, 3.63) is 57.9 Å². The number of H-pyrrole nitrogens is 1. The smallest absolute Gasteiger partial charge is 0.228 e. The Labute approximate surface area is 152 Å². The predicted octanol–water partition coefficient (Wildman–Crippen LogP) is 4.57. The number of amides is 1. The van der Waals surface area contributed by atoms with Crippen molar-refractivity contribution in [2.24, 2.45) is 0 Å². The summed E-state index contributed by atoms with van der Waals surface area (Å²) < 4.78 is 0.